The van der Waals surface area contributed by atoms with E-state index in [1.165, 1.54) is 55.5 Å². The van der Waals surface area contributed by atoms with Gasteiger partial charge in [-0.3, -0.25) is 9.59 Å². The summed E-state index contributed by atoms with van der Waals surface area (Å²) >= 11 is 6.13. The summed E-state index contributed by atoms with van der Waals surface area (Å²) in [5.41, 5.74) is 0.648. The Morgan fingerprint density at radius 3 is 2.45 bits per heavy atom. The molecule has 1 unspecified atom stereocenters. The summed E-state index contributed by atoms with van der Waals surface area (Å²) in [6.45, 7) is 0.322. The highest BCUT2D eigenvalue weighted by molar-refractivity contribution is 6.46. The number of benzene rings is 2. The van der Waals surface area contributed by atoms with E-state index in [1.807, 2.05) is 0 Å². The van der Waals surface area contributed by atoms with Gasteiger partial charge in [-0.25, -0.2) is 4.39 Å². The third kappa shape index (κ3) is 3.97. The van der Waals surface area contributed by atoms with Gasteiger partial charge < -0.3 is 19.5 Å². The van der Waals surface area contributed by atoms with Crippen molar-refractivity contribution in [3.05, 3.63) is 70.0 Å². The van der Waals surface area contributed by atoms with Gasteiger partial charge >= 0.3 is 0 Å². The normalized spacial score (nSPS) is 18.3. The van der Waals surface area contributed by atoms with Gasteiger partial charge in [0.25, 0.3) is 11.7 Å². The van der Waals surface area contributed by atoms with Gasteiger partial charge in [-0.15, -0.1) is 0 Å². The van der Waals surface area contributed by atoms with Gasteiger partial charge in [0.2, 0.25) is 0 Å². The molecule has 1 N–H and O–H groups in total. The number of ether oxygens (including phenoxy) is 2. The molecule has 1 fully saturated rings. The highest BCUT2D eigenvalue weighted by Gasteiger charge is 2.45. The molecule has 2 aromatic carbocycles. The first-order valence-corrected chi connectivity index (χ1v) is 9.13. The number of carbonyl (C=O) groups is 2. The number of methoxy groups -OCH3 is 2. The lowest BCUT2D eigenvalue weighted by Crippen LogP contribution is -2.32. The van der Waals surface area contributed by atoms with E-state index >= 15 is 0 Å². The number of halogens is 2. The average molecular weight is 420 g/mol. The van der Waals surface area contributed by atoms with Gasteiger partial charge in [0.15, 0.2) is 0 Å². The van der Waals surface area contributed by atoms with Crippen molar-refractivity contribution in [1.29, 1.82) is 0 Å². The molecule has 1 amide bonds. The number of carbonyl (C=O) groups excluding carboxylic acids is 2. The minimum atomic E-state index is -0.883. The summed E-state index contributed by atoms with van der Waals surface area (Å²) in [7, 11) is 2.93. The zero-order chi connectivity index (χ0) is 21.1. The van der Waals surface area contributed by atoms with E-state index in [-0.39, 0.29) is 35.1 Å². The van der Waals surface area contributed by atoms with E-state index in [1.54, 1.807) is 6.07 Å². The molecule has 1 aliphatic rings. The summed E-state index contributed by atoms with van der Waals surface area (Å²) in [4.78, 5) is 26.7. The minimum absolute atomic E-state index is 0.0982. The van der Waals surface area contributed by atoms with Gasteiger partial charge in [0.1, 0.15) is 17.3 Å². The Bertz CT molecular complexity index is 974. The Morgan fingerprint density at radius 1 is 1.17 bits per heavy atom. The van der Waals surface area contributed by atoms with Crippen LogP contribution in [0.1, 0.15) is 17.2 Å². The maximum atomic E-state index is 13.4. The van der Waals surface area contributed by atoms with Crippen molar-refractivity contribution in [2.45, 2.75) is 6.04 Å². The van der Waals surface area contributed by atoms with Crippen molar-refractivity contribution < 1.29 is 28.6 Å². The molecule has 3 rings (SSSR count). The first-order valence-electron chi connectivity index (χ1n) is 8.75. The summed E-state index contributed by atoms with van der Waals surface area (Å²) in [5.74, 6) is -2.03. The maximum Gasteiger partial charge on any atom is 0.295 e. The third-order valence-electron chi connectivity index (χ3n) is 4.69. The molecule has 0 aliphatic carbocycles. The van der Waals surface area contributed by atoms with Crippen LogP contribution in [0.2, 0.25) is 5.02 Å². The van der Waals surface area contributed by atoms with Crippen molar-refractivity contribution in [3.8, 4) is 5.75 Å². The number of hydrogen-bond donors (Lipinski definition) is 1. The molecule has 0 spiro atoms. The van der Waals surface area contributed by atoms with Crippen molar-refractivity contribution in [2.75, 3.05) is 27.4 Å². The third-order valence-corrected chi connectivity index (χ3v) is 4.98. The molecular weight excluding hydrogens is 401 g/mol. The van der Waals surface area contributed by atoms with Crippen molar-refractivity contribution in [3.63, 3.8) is 0 Å². The molecule has 8 heteroatoms. The first kappa shape index (κ1) is 20.8. The number of nitrogens with zero attached hydrogens (tertiary/aromatic N) is 1. The number of amides is 1. The molecule has 1 aliphatic heterocycles. The molecule has 0 aromatic heterocycles. The fourth-order valence-corrected chi connectivity index (χ4v) is 3.52. The Balaban J connectivity index is 2.15. The highest BCUT2D eigenvalue weighted by Crippen LogP contribution is 2.40. The number of rotatable bonds is 6. The highest BCUT2D eigenvalue weighted by atomic mass is 35.5. The van der Waals surface area contributed by atoms with Crippen molar-refractivity contribution >= 4 is 29.1 Å². The Hall–Kier alpha value is -2.90. The van der Waals surface area contributed by atoms with Crippen LogP contribution < -0.4 is 4.74 Å². The molecule has 2 aromatic rings. The first-order chi connectivity index (χ1) is 13.9. The van der Waals surface area contributed by atoms with Crippen LogP contribution in [-0.4, -0.2) is 49.1 Å². The maximum absolute atomic E-state index is 13.4. The summed E-state index contributed by atoms with van der Waals surface area (Å²) in [6.07, 6.45) is 0. The van der Waals surface area contributed by atoms with Gasteiger partial charge in [-0.1, -0.05) is 23.7 Å². The van der Waals surface area contributed by atoms with E-state index < -0.39 is 23.5 Å². The van der Waals surface area contributed by atoms with Crippen LogP contribution in [0.25, 0.3) is 5.76 Å². The van der Waals surface area contributed by atoms with Crippen LogP contribution in [0.5, 0.6) is 5.75 Å². The summed E-state index contributed by atoms with van der Waals surface area (Å²) < 4.78 is 23.5. The van der Waals surface area contributed by atoms with Crippen molar-refractivity contribution in [1.82, 2.24) is 4.90 Å². The lowest BCUT2D eigenvalue weighted by molar-refractivity contribution is -0.140. The van der Waals surface area contributed by atoms with Gasteiger partial charge in [0, 0.05) is 19.2 Å². The number of Topliss-reactive ketones (excluding diaryl/α,β-unsaturated/α-hetero) is 1. The fourth-order valence-electron chi connectivity index (χ4n) is 3.26. The SMILES string of the molecule is COCCN1C(=O)C(=O)/C(=C(\O)c2ccc(OC)c(Cl)c2)C1c1ccc(F)cc1. The van der Waals surface area contributed by atoms with Crippen LogP contribution in [0.3, 0.4) is 0 Å². The Kier molecular flexibility index (Phi) is 6.20. The smallest absolute Gasteiger partial charge is 0.295 e. The van der Waals surface area contributed by atoms with Gasteiger partial charge in [-0.05, 0) is 35.9 Å². The molecule has 1 saturated heterocycles. The second-order valence-corrected chi connectivity index (χ2v) is 6.79. The van der Waals surface area contributed by atoms with Crippen molar-refractivity contribution in [2.24, 2.45) is 0 Å². The van der Waals surface area contributed by atoms with Crippen LogP contribution in [0.4, 0.5) is 4.39 Å². The molecule has 152 valence electrons. The molecular formula is C21H19ClFNO5. The fraction of sp³-hybridized carbons (Fsp3) is 0.238. The Labute approximate surface area is 172 Å². The van der Waals surface area contributed by atoms with Crippen LogP contribution in [0, 0.1) is 5.82 Å². The van der Waals surface area contributed by atoms with E-state index in [9.17, 15) is 19.1 Å². The van der Waals surface area contributed by atoms with Crippen LogP contribution in [-0.2, 0) is 14.3 Å². The predicted octanol–water partition coefficient (Wildman–Crippen LogP) is 3.56. The number of hydrogen-bond acceptors (Lipinski definition) is 5. The monoisotopic (exact) mass is 419 g/mol. The quantitative estimate of drug-likeness (QED) is 0.440. The van der Waals surface area contributed by atoms with E-state index in [0.717, 1.165) is 0 Å². The van der Waals surface area contributed by atoms with E-state index in [4.69, 9.17) is 21.1 Å². The number of ketones is 1. The molecule has 1 atom stereocenters. The number of aliphatic hydroxyl groups is 1. The number of aliphatic hydroxyl groups excluding tert-OH is 1. The largest absolute Gasteiger partial charge is 0.507 e. The average Bonchev–Trinajstić information content (AvgIpc) is 2.96. The zero-order valence-corrected chi connectivity index (χ0v) is 16.6. The minimum Gasteiger partial charge on any atom is -0.507 e. The lowest BCUT2D eigenvalue weighted by atomic mass is 9.95. The van der Waals surface area contributed by atoms with Gasteiger partial charge in [0.05, 0.1) is 30.4 Å². The van der Waals surface area contributed by atoms with Crippen LogP contribution in [0.15, 0.2) is 48.0 Å². The topological polar surface area (TPSA) is 76.1 Å². The predicted molar refractivity (Wildman–Crippen MR) is 105 cm³/mol. The van der Waals surface area contributed by atoms with E-state index in [2.05, 4.69) is 0 Å². The second kappa shape index (κ2) is 8.63. The van der Waals surface area contributed by atoms with E-state index in [0.29, 0.717) is 11.3 Å². The Morgan fingerprint density at radius 2 is 1.86 bits per heavy atom. The molecule has 1 heterocycles. The standard InChI is InChI=1S/C21H19ClFNO5/c1-28-10-9-24-18(12-3-6-14(23)7-4-12)17(20(26)21(24)27)19(25)13-5-8-16(29-2)15(22)11-13/h3-8,11,18,25H,9-10H2,1-2H3/b19-17-. The summed E-state index contributed by atoms with van der Waals surface area (Å²) in [6, 6.07) is 9.05. The molecule has 29 heavy (non-hydrogen) atoms. The van der Waals surface area contributed by atoms with Crippen LogP contribution >= 0.6 is 11.6 Å². The van der Waals surface area contributed by atoms with Gasteiger partial charge in [-0.2, -0.15) is 0 Å². The molecule has 6 nitrogen and oxygen atoms in total. The number of likely N-dealkylation sites (tertiary alicyclic amines) is 1. The molecule has 0 radical (unpaired) electrons. The second-order valence-electron chi connectivity index (χ2n) is 6.39. The molecule has 0 saturated carbocycles. The zero-order valence-electron chi connectivity index (χ0n) is 15.8. The summed E-state index contributed by atoms with van der Waals surface area (Å²) in [5, 5.41) is 11.1. The lowest BCUT2D eigenvalue weighted by Gasteiger charge is -2.25. The molecule has 0 bridgehead atoms.